The zero-order valence-corrected chi connectivity index (χ0v) is 15.7. The van der Waals surface area contributed by atoms with Crippen LogP contribution in [0.2, 0.25) is 0 Å². The van der Waals surface area contributed by atoms with Crippen molar-refractivity contribution in [2.75, 3.05) is 13.7 Å². The standard InChI is InChI=1S/C24H17NO4/c1-27-24-14-16(7-10-22(24)28-13-12-25)6-9-20(26)23-15-19-18-5-3-2-4-17(18)8-11-21(19)29-23/h2-11,14-15H,13H2,1H3/b9-6+. The molecule has 4 aromatic rings. The van der Waals surface area contributed by atoms with Gasteiger partial charge in [-0.05, 0) is 46.7 Å². The van der Waals surface area contributed by atoms with Gasteiger partial charge in [-0.3, -0.25) is 4.79 Å². The Morgan fingerprint density at radius 2 is 1.93 bits per heavy atom. The molecular formula is C24H17NO4. The maximum atomic E-state index is 12.6. The van der Waals surface area contributed by atoms with Gasteiger partial charge in [-0.25, -0.2) is 0 Å². The number of nitrogens with zero attached hydrogens (tertiary/aromatic N) is 1. The van der Waals surface area contributed by atoms with E-state index in [4.69, 9.17) is 19.2 Å². The minimum atomic E-state index is -0.228. The van der Waals surface area contributed by atoms with Crippen molar-refractivity contribution < 1.29 is 18.7 Å². The third kappa shape index (κ3) is 3.69. The number of carbonyl (C=O) groups is 1. The summed E-state index contributed by atoms with van der Waals surface area (Å²) in [7, 11) is 1.52. The van der Waals surface area contributed by atoms with E-state index < -0.39 is 0 Å². The largest absolute Gasteiger partial charge is 0.493 e. The molecular weight excluding hydrogens is 366 g/mol. The monoisotopic (exact) mass is 383 g/mol. The van der Waals surface area contributed by atoms with Crippen molar-refractivity contribution in [1.82, 2.24) is 0 Å². The molecule has 0 N–H and O–H groups in total. The summed E-state index contributed by atoms with van der Waals surface area (Å²) in [5.74, 6) is 1.02. The Morgan fingerprint density at radius 3 is 2.76 bits per heavy atom. The Kier molecular flexibility index (Phi) is 5.00. The van der Waals surface area contributed by atoms with Gasteiger partial charge in [0.2, 0.25) is 5.78 Å². The van der Waals surface area contributed by atoms with Crippen LogP contribution >= 0.6 is 0 Å². The Bertz CT molecular complexity index is 1280. The van der Waals surface area contributed by atoms with Gasteiger partial charge in [-0.1, -0.05) is 42.5 Å². The summed E-state index contributed by atoms with van der Waals surface area (Å²) in [6.07, 6.45) is 3.15. The van der Waals surface area contributed by atoms with Crippen LogP contribution < -0.4 is 9.47 Å². The van der Waals surface area contributed by atoms with Crippen LogP contribution in [0.3, 0.4) is 0 Å². The molecule has 0 radical (unpaired) electrons. The smallest absolute Gasteiger partial charge is 0.221 e. The van der Waals surface area contributed by atoms with E-state index in [1.165, 1.54) is 13.2 Å². The molecule has 29 heavy (non-hydrogen) atoms. The number of fused-ring (bicyclic) bond motifs is 3. The number of rotatable bonds is 6. The van der Waals surface area contributed by atoms with E-state index in [2.05, 4.69) is 0 Å². The van der Waals surface area contributed by atoms with Crippen molar-refractivity contribution in [3.63, 3.8) is 0 Å². The van der Waals surface area contributed by atoms with Gasteiger partial charge in [0.1, 0.15) is 11.7 Å². The van der Waals surface area contributed by atoms with E-state index >= 15 is 0 Å². The average molecular weight is 383 g/mol. The topological polar surface area (TPSA) is 72.5 Å². The number of furan rings is 1. The van der Waals surface area contributed by atoms with E-state index in [1.807, 2.05) is 42.5 Å². The van der Waals surface area contributed by atoms with Crippen LogP contribution in [0.25, 0.3) is 27.8 Å². The van der Waals surface area contributed by atoms with Crippen molar-refractivity contribution in [2.45, 2.75) is 0 Å². The summed E-state index contributed by atoms with van der Waals surface area (Å²) in [5, 5.41) is 11.7. The lowest BCUT2D eigenvalue weighted by atomic mass is 10.1. The molecule has 1 heterocycles. The number of benzene rings is 3. The summed E-state index contributed by atoms with van der Waals surface area (Å²) in [6.45, 7) is -0.0647. The van der Waals surface area contributed by atoms with Crippen LogP contribution in [0.4, 0.5) is 0 Å². The van der Waals surface area contributed by atoms with E-state index in [0.717, 1.165) is 21.7 Å². The van der Waals surface area contributed by atoms with E-state index in [9.17, 15) is 4.79 Å². The Labute approximate surface area is 167 Å². The van der Waals surface area contributed by atoms with Gasteiger partial charge in [0.05, 0.1) is 7.11 Å². The Morgan fingerprint density at radius 1 is 1.07 bits per heavy atom. The molecule has 142 valence electrons. The highest BCUT2D eigenvalue weighted by atomic mass is 16.5. The van der Waals surface area contributed by atoms with Gasteiger partial charge in [-0.15, -0.1) is 0 Å². The lowest BCUT2D eigenvalue weighted by molar-refractivity contribution is 0.102. The van der Waals surface area contributed by atoms with Crippen LogP contribution in [0.15, 0.2) is 71.2 Å². The summed E-state index contributed by atoms with van der Waals surface area (Å²) >= 11 is 0. The molecule has 5 heteroatoms. The number of ketones is 1. The van der Waals surface area contributed by atoms with Gasteiger partial charge in [0, 0.05) is 5.39 Å². The summed E-state index contributed by atoms with van der Waals surface area (Å²) < 4.78 is 16.3. The highest BCUT2D eigenvalue weighted by Crippen LogP contribution is 2.30. The number of ether oxygens (including phenoxy) is 2. The first-order chi connectivity index (χ1) is 14.2. The van der Waals surface area contributed by atoms with Gasteiger partial charge in [-0.2, -0.15) is 5.26 Å². The molecule has 0 fully saturated rings. The van der Waals surface area contributed by atoms with Crippen molar-refractivity contribution in [3.8, 4) is 17.6 Å². The quantitative estimate of drug-likeness (QED) is 0.330. The SMILES string of the molecule is COc1cc(/C=C/C(=O)c2cc3c(ccc4ccccc43)o2)ccc1OCC#N. The minimum absolute atomic E-state index is 0.0647. The van der Waals surface area contributed by atoms with E-state index in [1.54, 1.807) is 30.3 Å². The van der Waals surface area contributed by atoms with E-state index in [-0.39, 0.29) is 18.2 Å². The molecule has 0 atom stereocenters. The van der Waals surface area contributed by atoms with Gasteiger partial charge < -0.3 is 13.9 Å². The molecule has 0 unspecified atom stereocenters. The summed E-state index contributed by atoms with van der Waals surface area (Å²) in [6, 6.07) is 20.8. The predicted octanol–water partition coefficient (Wildman–Crippen LogP) is 5.39. The third-order valence-electron chi connectivity index (χ3n) is 4.58. The maximum absolute atomic E-state index is 12.6. The summed E-state index contributed by atoms with van der Waals surface area (Å²) in [5.41, 5.74) is 1.45. The van der Waals surface area contributed by atoms with Crippen molar-refractivity contribution in [1.29, 1.82) is 5.26 Å². The normalized spacial score (nSPS) is 11.0. The lowest BCUT2D eigenvalue weighted by Gasteiger charge is -2.08. The third-order valence-corrected chi connectivity index (χ3v) is 4.58. The first-order valence-electron chi connectivity index (χ1n) is 9.01. The van der Waals surface area contributed by atoms with Gasteiger partial charge >= 0.3 is 0 Å². The number of nitriles is 1. The fourth-order valence-corrected chi connectivity index (χ4v) is 3.19. The zero-order valence-electron chi connectivity index (χ0n) is 15.7. The zero-order chi connectivity index (χ0) is 20.2. The minimum Gasteiger partial charge on any atom is -0.493 e. The first kappa shape index (κ1) is 18.3. The highest BCUT2D eigenvalue weighted by Gasteiger charge is 2.12. The van der Waals surface area contributed by atoms with Crippen molar-refractivity contribution >= 4 is 33.6 Å². The van der Waals surface area contributed by atoms with Crippen LogP contribution in [-0.2, 0) is 0 Å². The number of hydrogen-bond acceptors (Lipinski definition) is 5. The highest BCUT2D eigenvalue weighted by molar-refractivity contribution is 6.11. The molecule has 1 aromatic heterocycles. The van der Waals surface area contributed by atoms with Crippen LogP contribution in [0, 0.1) is 11.3 Å². The molecule has 0 bridgehead atoms. The molecule has 5 nitrogen and oxygen atoms in total. The second-order valence-corrected chi connectivity index (χ2v) is 6.36. The van der Waals surface area contributed by atoms with Crippen LogP contribution in [-0.4, -0.2) is 19.5 Å². The Hall–Kier alpha value is -4.04. The number of hydrogen-bond donors (Lipinski definition) is 0. The second kappa shape index (κ2) is 7.91. The van der Waals surface area contributed by atoms with Crippen LogP contribution in [0.5, 0.6) is 11.5 Å². The first-order valence-corrected chi connectivity index (χ1v) is 9.01. The van der Waals surface area contributed by atoms with E-state index in [0.29, 0.717) is 17.1 Å². The fraction of sp³-hybridized carbons (Fsp3) is 0.0833. The molecule has 3 aromatic carbocycles. The number of allylic oxidation sites excluding steroid dienone is 1. The summed E-state index contributed by atoms with van der Waals surface area (Å²) in [4.78, 5) is 12.6. The predicted molar refractivity (Wildman–Crippen MR) is 111 cm³/mol. The molecule has 0 spiro atoms. The number of methoxy groups -OCH3 is 1. The lowest BCUT2D eigenvalue weighted by Crippen LogP contribution is -1.97. The van der Waals surface area contributed by atoms with Crippen molar-refractivity contribution in [2.24, 2.45) is 0 Å². The Balaban J connectivity index is 1.60. The molecule has 0 saturated carbocycles. The fourth-order valence-electron chi connectivity index (χ4n) is 3.19. The maximum Gasteiger partial charge on any atom is 0.221 e. The molecule has 0 saturated heterocycles. The van der Waals surface area contributed by atoms with Gasteiger partial charge in [0.15, 0.2) is 23.9 Å². The van der Waals surface area contributed by atoms with Gasteiger partial charge in [0.25, 0.3) is 0 Å². The molecule has 0 amide bonds. The average Bonchev–Trinajstić information content (AvgIpc) is 3.21. The molecule has 4 rings (SSSR count). The van der Waals surface area contributed by atoms with Crippen molar-refractivity contribution in [3.05, 3.63) is 78.1 Å². The number of carbonyl (C=O) groups excluding carboxylic acids is 1. The molecule has 0 aliphatic rings. The second-order valence-electron chi connectivity index (χ2n) is 6.36. The molecule has 0 aliphatic heterocycles. The van der Waals surface area contributed by atoms with Crippen LogP contribution in [0.1, 0.15) is 16.1 Å². The molecule has 0 aliphatic carbocycles.